The molecule has 0 aliphatic heterocycles. The van der Waals surface area contributed by atoms with E-state index in [-0.39, 0.29) is 5.82 Å². The van der Waals surface area contributed by atoms with Crippen LogP contribution in [-0.2, 0) is 11.5 Å². The van der Waals surface area contributed by atoms with Gasteiger partial charge in [-0.1, -0.05) is 30.3 Å². The van der Waals surface area contributed by atoms with E-state index in [0.29, 0.717) is 16.9 Å². The molecule has 0 aliphatic rings. The summed E-state index contributed by atoms with van der Waals surface area (Å²) in [5.74, 6) is 5.65. The molecule has 0 unspecified atom stereocenters. The molecule has 0 aromatic heterocycles. The molecule has 0 spiro atoms. The van der Waals surface area contributed by atoms with Gasteiger partial charge in [0.2, 0.25) is 0 Å². The zero-order valence-corrected chi connectivity index (χ0v) is 11.6. The van der Waals surface area contributed by atoms with Gasteiger partial charge in [0.1, 0.15) is 5.82 Å². The molecule has 0 aliphatic carbocycles. The highest BCUT2D eigenvalue weighted by molar-refractivity contribution is 7.97. The fourth-order valence-electron chi connectivity index (χ4n) is 1.76. The lowest BCUT2D eigenvalue weighted by Gasteiger charge is -2.06. The van der Waals surface area contributed by atoms with E-state index < -0.39 is 5.91 Å². The number of nitrogen functional groups attached to an aromatic ring is 1. The lowest BCUT2D eigenvalue weighted by atomic mass is 10.1. The largest absolute Gasteiger partial charge is 0.290 e. The van der Waals surface area contributed by atoms with E-state index in [1.165, 1.54) is 23.8 Å². The summed E-state index contributed by atoms with van der Waals surface area (Å²) in [6.07, 6.45) is 0. The van der Waals surface area contributed by atoms with Crippen molar-refractivity contribution in [3.8, 4) is 0 Å². The van der Waals surface area contributed by atoms with Crippen LogP contribution in [-0.4, -0.2) is 5.91 Å². The van der Waals surface area contributed by atoms with Gasteiger partial charge in [0.25, 0.3) is 5.91 Å². The number of halogens is 1. The second-order valence-corrected chi connectivity index (χ2v) is 5.24. The molecule has 2 aromatic carbocycles. The Labute approximate surface area is 121 Å². The monoisotopic (exact) mass is 290 g/mol. The molecular weight excluding hydrogens is 275 g/mol. The van der Waals surface area contributed by atoms with Crippen molar-refractivity contribution >= 4 is 17.7 Å². The second kappa shape index (κ2) is 7.07. The topological polar surface area (TPSA) is 55.1 Å². The minimum atomic E-state index is -0.417. The van der Waals surface area contributed by atoms with Gasteiger partial charge in [-0.2, -0.15) is 11.8 Å². The minimum absolute atomic E-state index is 0.306. The molecule has 0 saturated heterocycles. The SMILES string of the molecule is NNC(=O)c1ccc(F)c(CSCc2ccccc2)c1. The first-order valence-electron chi connectivity index (χ1n) is 6.11. The number of nitrogens with one attached hydrogen (secondary N) is 1. The van der Waals surface area contributed by atoms with E-state index in [1.807, 2.05) is 35.8 Å². The molecule has 0 heterocycles. The first-order chi connectivity index (χ1) is 9.70. The Morgan fingerprint density at radius 2 is 1.90 bits per heavy atom. The number of hydrogen-bond donors (Lipinski definition) is 2. The smallest absolute Gasteiger partial charge is 0.265 e. The molecule has 0 bridgehead atoms. The second-order valence-electron chi connectivity index (χ2n) is 4.26. The summed E-state index contributed by atoms with van der Waals surface area (Å²) in [7, 11) is 0. The Hall–Kier alpha value is -1.85. The first-order valence-corrected chi connectivity index (χ1v) is 7.27. The van der Waals surface area contributed by atoms with Crippen LogP contribution in [0.2, 0.25) is 0 Å². The van der Waals surface area contributed by atoms with Crippen molar-refractivity contribution < 1.29 is 9.18 Å². The van der Waals surface area contributed by atoms with Gasteiger partial charge in [-0.15, -0.1) is 0 Å². The van der Waals surface area contributed by atoms with E-state index in [1.54, 1.807) is 11.8 Å². The Balaban J connectivity index is 2.00. The molecule has 0 radical (unpaired) electrons. The maximum absolute atomic E-state index is 13.7. The van der Waals surface area contributed by atoms with Gasteiger partial charge >= 0.3 is 0 Å². The molecule has 1 amide bonds. The van der Waals surface area contributed by atoms with Crippen LogP contribution < -0.4 is 11.3 Å². The summed E-state index contributed by atoms with van der Waals surface area (Å²) >= 11 is 1.60. The molecule has 2 rings (SSSR count). The zero-order valence-electron chi connectivity index (χ0n) is 10.8. The van der Waals surface area contributed by atoms with Gasteiger partial charge in [-0.05, 0) is 29.3 Å². The fraction of sp³-hybridized carbons (Fsp3) is 0.133. The molecule has 0 saturated carbocycles. The van der Waals surface area contributed by atoms with E-state index in [0.717, 1.165) is 5.75 Å². The number of amides is 1. The number of hydrazine groups is 1. The highest BCUT2D eigenvalue weighted by Crippen LogP contribution is 2.20. The third-order valence-electron chi connectivity index (χ3n) is 2.81. The Morgan fingerprint density at radius 1 is 1.15 bits per heavy atom. The van der Waals surface area contributed by atoms with Crippen LogP contribution in [0.5, 0.6) is 0 Å². The molecule has 0 fully saturated rings. The van der Waals surface area contributed by atoms with Crippen molar-refractivity contribution in [2.24, 2.45) is 5.84 Å². The van der Waals surface area contributed by atoms with Gasteiger partial charge in [0.15, 0.2) is 0 Å². The van der Waals surface area contributed by atoms with Crippen molar-refractivity contribution in [3.63, 3.8) is 0 Å². The van der Waals surface area contributed by atoms with E-state index in [9.17, 15) is 9.18 Å². The highest BCUT2D eigenvalue weighted by atomic mass is 32.2. The van der Waals surface area contributed by atoms with Gasteiger partial charge in [0, 0.05) is 17.1 Å². The molecule has 0 atom stereocenters. The van der Waals surface area contributed by atoms with Crippen LogP contribution in [0.1, 0.15) is 21.5 Å². The van der Waals surface area contributed by atoms with Crippen LogP contribution >= 0.6 is 11.8 Å². The summed E-state index contributed by atoms with van der Waals surface area (Å²) in [6.45, 7) is 0. The molecule has 20 heavy (non-hydrogen) atoms. The van der Waals surface area contributed by atoms with Crippen LogP contribution in [0.25, 0.3) is 0 Å². The normalized spacial score (nSPS) is 10.3. The van der Waals surface area contributed by atoms with Gasteiger partial charge in [0.05, 0.1) is 0 Å². The third-order valence-corrected chi connectivity index (χ3v) is 3.86. The van der Waals surface area contributed by atoms with E-state index >= 15 is 0 Å². The lowest BCUT2D eigenvalue weighted by molar-refractivity contribution is 0.0953. The predicted octanol–water partition coefficient (Wildman–Crippen LogP) is 2.86. The number of rotatable bonds is 5. The average molecular weight is 290 g/mol. The van der Waals surface area contributed by atoms with Crippen molar-refractivity contribution in [1.82, 2.24) is 5.43 Å². The van der Waals surface area contributed by atoms with Crippen molar-refractivity contribution in [3.05, 3.63) is 71.0 Å². The number of benzene rings is 2. The van der Waals surface area contributed by atoms with Crippen LogP contribution in [0.4, 0.5) is 4.39 Å². The number of hydrogen-bond acceptors (Lipinski definition) is 3. The zero-order chi connectivity index (χ0) is 14.4. The quantitative estimate of drug-likeness (QED) is 0.506. The summed E-state index contributed by atoms with van der Waals surface area (Å²) in [5.41, 5.74) is 4.10. The summed E-state index contributed by atoms with van der Waals surface area (Å²) in [6, 6.07) is 14.2. The summed E-state index contributed by atoms with van der Waals surface area (Å²) in [5, 5.41) is 0. The van der Waals surface area contributed by atoms with Crippen LogP contribution in [0, 0.1) is 5.82 Å². The van der Waals surface area contributed by atoms with Crippen LogP contribution in [0.15, 0.2) is 48.5 Å². The van der Waals surface area contributed by atoms with Crippen molar-refractivity contribution in [1.29, 1.82) is 0 Å². The van der Waals surface area contributed by atoms with E-state index in [4.69, 9.17) is 5.84 Å². The molecular formula is C15H15FN2OS. The number of carbonyl (C=O) groups excluding carboxylic acids is 1. The fourth-order valence-corrected chi connectivity index (χ4v) is 2.73. The highest BCUT2D eigenvalue weighted by Gasteiger charge is 2.08. The number of carbonyl (C=O) groups is 1. The molecule has 5 heteroatoms. The average Bonchev–Trinajstić information content (AvgIpc) is 2.49. The molecule has 3 nitrogen and oxygen atoms in total. The standard InChI is InChI=1S/C15H15FN2OS/c16-14-7-6-12(15(19)18-17)8-13(14)10-20-9-11-4-2-1-3-5-11/h1-8H,9-10,17H2,(H,18,19). The van der Waals surface area contributed by atoms with Gasteiger partial charge in [-0.25, -0.2) is 10.2 Å². The molecule has 3 N–H and O–H groups in total. The minimum Gasteiger partial charge on any atom is -0.290 e. The lowest BCUT2D eigenvalue weighted by Crippen LogP contribution is -2.30. The third kappa shape index (κ3) is 3.82. The summed E-state index contributed by atoms with van der Waals surface area (Å²) in [4.78, 5) is 11.4. The van der Waals surface area contributed by atoms with Crippen molar-refractivity contribution in [2.75, 3.05) is 0 Å². The number of nitrogens with two attached hydrogens (primary N) is 1. The maximum atomic E-state index is 13.7. The maximum Gasteiger partial charge on any atom is 0.265 e. The predicted molar refractivity (Wildman–Crippen MR) is 79.5 cm³/mol. The number of thioether (sulfide) groups is 1. The van der Waals surface area contributed by atoms with Crippen molar-refractivity contribution in [2.45, 2.75) is 11.5 Å². The summed E-state index contributed by atoms with van der Waals surface area (Å²) < 4.78 is 13.7. The Morgan fingerprint density at radius 3 is 2.60 bits per heavy atom. The van der Waals surface area contributed by atoms with Gasteiger partial charge < -0.3 is 0 Å². The van der Waals surface area contributed by atoms with Gasteiger partial charge in [-0.3, -0.25) is 10.2 Å². The Kier molecular flexibility index (Phi) is 5.15. The molecule has 2 aromatic rings. The van der Waals surface area contributed by atoms with Crippen LogP contribution in [0.3, 0.4) is 0 Å². The van der Waals surface area contributed by atoms with E-state index in [2.05, 4.69) is 0 Å². The molecule has 104 valence electrons. The first kappa shape index (κ1) is 14.6. The Bertz CT molecular complexity index is 590.